The molecule has 0 radical (unpaired) electrons. The number of hydrogen-bond acceptors (Lipinski definition) is 1. The molecule has 1 unspecified atom stereocenters. The highest BCUT2D eigenvalue weighted by atomic mass is 79.9. The molecule has 3 rings (SSSR count). The van der Waals surface area contributed by atoms with Gasteiger partial charge in [-0.15, -0.1) is 0 Å². The zero-order valence-corrected chi connectivity index (χ0v) is 12.1. The molecular formula is C16H14BrNO. The number of aromatic nitrogens is 1. The molecule has 2 aromatic carbocycles. The third-order valence-electron chi connectivity index (χ3n) is 3.19. The third kappa shape index (κ3) is 2.51. The van der Waals surface area contributed by atoms with E-state index in [1.54, 1.807) is 0 Å². The summed E-state index contributed by atoms with van der Waals surface area (Å²) in [6.45, 7) is 2.07. The Morgan fingerprint density at radius 1 is 1.05 bits per heavy atom. The zero-order chi connectivity index (χ0) is 13.2. The monoisotopic (exact) mass is 315 g/mol. The number of aromatic amines is 1. The molecule has 0 spiro atoms. The standard InChI is InChI=1S/C16H14BrNO/c1-11(19-13-8-6-12(17)7-9-13)15-10-18-16-5-3-2-4-14(15)16/h2-11,18H,1H3. The molecule has 3 heteroatoms. The van der Waals surface area contributed by atoms with E-state index in [1.165, 1.54) is 10.9 Å². The molecule has 0 saturated heterocycles. The lowest BCUT2D eigenvalue weighted by molar-refractivity contribution is 0.228. The van der Waals surface area contributed by atoms with Gasteiger partial charge in [-0.1, -0.05) is 34.1 Å². The molecular weight excluding hydrogens is 302 g/mol. The Bertz CT molecular complexity index is 687. The maximum atomic E-state index is 5.98. The summed E-state index contributed by atoms with van der Waals surface area (Å²) in [5.74, 6) is 0.876. The van der Waals surface area contributed by atoms with Crippen molar-refractivity contribution < 1.29 is 4.74 Å². The minimum Gasteiger partial charge on any atom is -0.486 e. The smallest absolute Gasteiger partial charge is 0.123 e. The van der Waals surface area contributed by atoms with Crippen LogP contribution in [-0.2, 0) is 0 Å². The normalized spacial score (nSPS) is 12.5. The first-order valence-corrected chi connectivity index (χ1v) is 7.01. The predicted molar refractivity (Wildman–Crippen MR) is 81.5 cm³/mol. The van der Waals surface area contributed by atoms with Gasteiger partial charge < -0.3 is 9.72 Å². The lowest BCUT2D eigenvalue weighted by Crippen LogP contribution is -2.02. The summed E-state index contributed by atoms with van der Waals surface area (Å²) >= 11 is 3.42. The number of para-hydroxylation sites is 1. The molecule has 0 saturated carbocycles. The second-order valence-corrected chi connectivity index (χ2v) is 5.42. The molecule has 0 bridgehead atoms. The van der Waals surface area contributed by atoms with Gasteiger partial charge in [0.2, 0.25) is 0 Å². The van der Waals surface area contributed by atoms with Crippen LogP contribution < -0.4 is 4.74 Å². The first-order chi connectivity index (χ1) is 9.24. The second kappa shape index (κ2) is 5.10. The van der Waals surface area contributed by atoms with E-state index in [0.29, 0.717) is 0 Å². The second-order valence-electron chi connectivity index (χ2n) is 4.50. The average Bonchev–Trinajstić information content (AvgIpc) is 2.85. The molecule has 1 heterocycles. The third-order valence-corrected chi connectivity index (χ3v) is 3.71. The molecule has 19 heavy (non-hydrogen) atoms. The van der Waals surface area contributed by atoms with Gasteiger partial charge >= 0.3 is 0 Å². The van der Waals surface area contributed by atoms with E-state index in [1.807, 2.05) is 42.6 Å². The van der Waals surface area contributed by atoms with Crippen molar-refractivity contribution in [2.45, 2.75) is 13.0 Å². The minimum absolute atomic E-state index is 0.0114. The number of fused-ring (bicyclic) bond motifs is 1. The summed E-state index contributed by atoms with van der Waals surface area (Å²) in [4.78, 5) is 3.28. The summed E-state index contributed by atoms with van der Waals surface area (Å²) in [6, 6.07) is 16.2. The van der Waals surface area contributed by atoms with Crippen LogP contribution in [0.2, 0.25) is 0 Å². The van der Waals surface area contributed by atoms with E-state index in [4.69, 9.17) is 4.74 Å². The highest BCUT2D eigenvalue weighted by Gasteiger charge is 2.12. The van der Waals surface area contributed by atoms with E-state index in [9.17, 15) is 0 Å². The van der Waals surface area contributed by atoms with Crippen molar-refractivity contribution in [1.29, 1.82) is 0 Å². The van der Waals surface area contributed by atoms with E-state index < -0.39 is 0 Å². The van der Waals surface area contributed by atoms with Crippen molar-refractivity contribution in [1.82, 2.24) is 4.98 Å². The lowest BCUT2D eigenvalue weighted by atomic mass is 10.1. The maximum Gasteiger partial charge on any atom is 0.123 e. The molecule has 0 amide bonds. The van der Waals surface area contributed by atoms with Crippen LogP contribution in [0.25, 0.3) is 10.9 Å². The molecule has 0 aliphatic heterocycles. The summed E-state index contributed by atoms with van der Waals surface area (Å²) < 4.78 is 7.04. The Morgan fingerprint density at radius 2 is 1.79 bits per heavy atom. The van der Waals surface area contributed by atoms with Crippen LogP contribution >= 0.6 is 15.9 Å². The molecule has 1 aromatic heterocycles. The van der Waals surface area contributed by atoms with Gasteiger partial charge in [0, 0.05) is 27.1 Å². The summed E-state index contributed by atoms with van der Waals surface area (Å²) in [5, 5.41) is 1.21. The van der Waals surface area contributed by atoms with Crippen LogP contribution in [0, 0.1) is 0 Å². The minimum atomic E-state index is 0.0114. The fourth-order valence-electron chi connectivity index (χ4n) is 2.21. The van der Waals surface area contributed by atoms with Gasteiger partial charge in [0.15, 0.2) is 0 Å². The zero-order valence-electron chi connectivity index (χ0n) is 10.6. The topological polar surface area (TPSA) is 25.0 Å². The van der Waals surface area contributed by atoms with Gasteiger partial charge in [0.1, 0.15) is 11.9 Å². The lowest BCUT2D eigenvalue weighted by Gasteiger charge is -2.14. The quantitative estimate of drug-likeness (QED) is 0.717. The first-order valence-electron chi connectivity index (χ1n) is 6.22. The fraction of sp³-hybridized carbons (Fsp3) is 0.125. The van der Waals surface area contributed by atoms with Crippen LogP contribution in [0.1, 0.15) is 18.6 Å². The van der Waals surface area contributed by atoms with Crippen molar-refractivity contribution in [3.8, 4) is 5.75 Å². The number of nitrogens with one attached hydrogen (secondary N) is 1. The van der Waals surface area contributed by atoms with Gasteiger partial charge in [-0.2, -0.15) is 0 Å². The van der Waals surface area contributed by atoms with E-state index in [2.05, 4.69) is 40.0 Å². The molecule has 1 N–H and O–H groups in total. The van der Waals surface area contributed by atoms with Crippen molar-refractivity contribution in [2.75, 3.05) is 0 Å². The summed E-state index contributed by atoms with van der Waals surface area (Å²) in [7, 11) is 0. The number of hydrogen-bond donors (Lipinski definition) is 1. The van der Waals surface area contributed by atoms with Gasteiger partial charge in [-0.3, -0.25) is 0 Å². The number of H-pyrrole nitrogens is 1. The SMILES string of the molecule is CC(Oc1ccc(Br)cc1)c1c[nH]c2ccccc12. The van der Waals surface area contributed by atoms with Crippen molar-refractivity contribution in [2.24, 2.45) is 0 Å². The average molecular weight is 316 g/mol. The highest BCUT2D eigenvalue weighted by Crippen LogP contribution is 2.28. The van der Waals surface area contributed by atoms with E-state index in [-0.39, 0.29) is 6.10 Å². The van der Waals surface area contributed by atoms with Crippen LogP contribution in [0.15, 0.2) is 59.2 Å². The van der Waals surface area contributed by atoms with Crippen molar-refractivity contribution in [3.05, 3.63) is 64.8 Å². The fourth-order valence-corrected chi connectivity index (χ4v) is 2.48. The largest absolute Gasteiger partial charge is 0.486 e. The van der Waals surface area contributed by atoms with Gasteiger partial charge in [-0.05, 0) is 37.3 Å². The van der Waals surface area contributed by atoms with E-state index >= 15 is 0 Å². The van der Waals surface area contributed by atoms with Crippen LogP contribution in [0.5, 0.6) is 5.75 Å². The Kier molecular flexibility index (Phi) is 3.30. The molecule has 3 aromatic rings. The predicted octanol–water partition coefficient (Wildman–Crippen LogP) is 5.07. The number of benzene rings is 2. The molecule has 1 atom stereocenters. The Balaban J connectivity index is 1.87. The Hall–Kier alpha value is -1.74. The van der Waals surface area contributed by atoms with Gasteiger partial charge in [0.25, 0.3) is 0 Å². The summed E-state index contributed by atoms with van der Waals surface area (Å²) in [6.07, 6.45) is 2.03. The van der Waals surface area contributed by atoms with Crippen LogP contribution in [-0.4, -0.2) is 4.98 Å². The molecule has 0 fully saturated rings. The van der Waals surface area contributed by atoms with Gasteiger partial charge in [0.05, 0.1) is 0 Å². The van der Waals surface area contributed by atoms with Crippen molar-refractivity contribution in [3.63, 3.8) is 0 Å². The van der Waals surface area contributed by atoms with Crippen LogP contribution in [0.4, 0.5) is 0 Å². The number of ether oxygens (including phenoxy) is 1. The molecule has 96 valence electrons. The Morgan fingerprint density at radius 3 is 2.58 bits per heavy atom. The highest BCUT2D eigenvalue weighted by molar-refractivity contribution is 9.10. The van der Waals surface area contributed by atoms with Crippen LogP contribution in [0.3, 0.4) is 0 Å². The molecule has 0 aliphatic carbocycles. The van der Waals surface area contributed by atoms with Gasteiger partial charge in [-0.25, -0.2) is 0 Å². The van der Waals surface area contributed by atoms with Crippen molar-refractivity contribution >= 4 is 26.8 Å². The number of halogens is 1. The maximum absolute atomic E-state index is 5.98. The number of rotatable bonds is 3. The first kappa shape index (κ1) is 12.3. The van der Waals surface area contributed by atoms with E-state index in [0.717, 1.165) is 15.7 Å². The summed E-state index contributed by atoms with van der Waals surface area (Å²) in [5.41, 5.74) is 2.32. The molecule has 2 nitrogen and oxygen atoms in total. The molecule has 0 aliphatic rings. The Labute approximate surface area is 120 Å².